The third-order valence-electron chi connectivity index (χ3n) is 6.74. The van der Waals surface area contributed by atoms with Gasteiger partial charge in [0.1, 0.15) is 0 Å². The normalized spacial score (nSPS) is 30.1. The van der Waals surface area contributed by atoms with Crippen LogP contribution in [0.2, 0.25) is 0 Å². The molecule has 3 unspecified atom stereocenters. The summed E-state index contributed by atoms with van der Waals surface area (Å²) in [6, 6.07) is 10.9. The Bertz CT molecular complexity index is 561. The summed E-state index contributed by atoms with van der Waals surface area (Å²) in [6.07, 6.45) is 5.64. The van der Waals surface area contributed by atoms with Crippen LogP contribution < -0.4 is 11.1 Å². The molecule has 2 saturated carbocycles. The van der Waals surface area contributed by atoms with E-state index in [9.17, 15) is 4.79 Å². The van der Waals surface area contributed by atoms with Gasteiger partial charge in [-0.2, -0.15) is 0 Å². The highest BCUT2D eigenvalue weighted by Gasteiger charge is 2.41. The second kappa shape index (κ2) is 8.09. The molecule has 0 aliphatic heterocycles. The first-order valence-corrected chi connectivity index (χ1v) is 9.51. The molecule has 0 aromatic heterocycles. The Morgan fingerprint density at radius 1 is 1.16 bits per heavy atom. The molecule has 1 aromatic rings. The second-order valence-electron chi connectivity index (χ2n) is 8.51. The molecule has 3 atom stereocenters. The molecule has 0 heterocycles. The monoisotopic (exact) mass is 364 g/mol. The van der Waals surface area contributed by atoms with Gasteiger partial charge in [0, 0.05) is 23.4 Å². The molecule has 0 spiro atoms. The zero-order valence-electron chi connectivity index (χ0n) is 15.7. The average molecular weight is 365 g/mol. The first kappa shape index (κ1) is 20.3. The zero-order chi connectivity index (χ0) is 17.3. The third-order valence-corrected chi connectivity index (χ3v) is 6.74. The van der Waals surface area contributed by atoms with Crippen LogP contribution in [0.25, 0.3) is 0 Å². The zero-order valence-corrected chi connectivity index (χ0v) is 16.5. The average Bonchev–Trinajstić information content (AvgIpc) is 2.55. The van der Waals surface area contributed by atoms with Crippen LogP contribution >= 0.6 is 12.4 Å². The number of halogens is 1. The van der Waals surface area contributed by atoms with Crippen LogP contribution in [0, 0.1) is 17.8 Å². The van der Waals surface area contributed by atoms with Crippen LogP contribution in [0.1, 0.15) is 58.4 Å². The van der Waals surface area contributed by atoms with Gasteiger partial charge in [-0.15, -0.1) is 12.4 Å². The van der Waals surface area contributed by atoms with E-state index in [2.05, 4.69) is 50.4 Å². The Morgan fingerprint density at radius 3 is 2.28 bits per heavy atom. The topological polar surface area (TPSA) is 55.1 Å². The molecule has 3 nitrogen and oxygen atoms in total. The lowest BCUT2D eigenvalue weighted by molar-refractivity contribution is -0.129. The Labute approximate surface area is 158 Å². The van der Waals surface area contributed by atoms with Gasteiger partial charge in [0.15, 0.2) is 0 Å². The molecule has 2 aliphatic carbocycles. The van der Waals surface area contributed by atoms with Gasteiger partial charge in [-0.1, -0.05) is 50.6 Å². The van der Waals surface area contributed by atoms with Gasteiger partial charge in [0.25, 0.3) is 0 Å². The number of nitrogens with one attached hydrogen (secondary N) is 1. The lowest BCUT2D eigenvalue weighted by atomic mass is 9.65. The van der Waals surface area contributed by atoms with Gasteiger partial charge >= 0.3 is 0 Å². The highest BCUT2D eigenvalue weighted by Crippen LogP contribution is 2.42. The molecular weight excluding hydrogens is 332 g/mol. The Hall–Kier alpha value is -1.06. The summed E-state index contributed by atoms with van der Waals surface area (Å²) in [7, 11) is 0. The highest BCUT2D eigenvalue weighted by molar-refractivity contribution is 5.85. The maximum absolute atomic E-state index is 12.9. The largest absolute Gasteiger partial charge is 0.353 e. The van der Waals surface area contributed by atoms with E-state index >= 15 is 0 Å². The third kappa shape index (κ3) is 4.20. The molecule has 4 heteroatoms. The van der Waals surface area contributed by atoms with Crippen molar-refractivity contribution in [3.8, 4) is 0 Å². The van der Waals surface area contributed by atoms with E-state index in [-0.39, 0.29) is 35.7 Å². The van der Waals surface area contributed by atoms with Crippen LogP contribution in [0.3, 0.4) is 0 Å². The molecule has 25 heavy (non-hydrogen) atoms. The Balaban J connectivity index is 0.00000225. The maximum atomic E-state index is 12.9. The van der Waals surface area contributed by atoms with Gasteiger partial charge in [-0.25, -0.2) is 0 Å². The van der Waals surface area contributed by atoms with E-state index in [1.807, 2.05) is 6.07 Å². The van der Waals surface area contributed by atoms with Crippen LogP contribution in [-0.2, 0) is 10.2 Å². The van der Waals surface area contributed by atoms with Crippen molar-refractivity contribution in [3.63, 3.8) is 0 Å². The lowest BCUT2D eigenvalue weighted by Crippen LogP contribution is -2.52. The molecular formula is C21H33ClN2O. The van der Waals surface area contributed by atoms with Crippen molar-refractivity contribution in [2.45, 2.75) is 70.4 Å². The molecule has 140 valence electrons. The molecule has 3 N–H and O–H groups in total. The lowest BCUT2D eigenvalue weighted by Gasteiger charge is -2.44. The summed E-state index contributed by atoms with van der Waals surface area (Å²) in [5.41, 5.74) is 7.54. The fourth-order valence-electron chi connectivity index (χ4n) is 4.63. The van der Waals surface area contributed by atoms with Gasteiger partial charge in [-0.05, 0) is 50.0 Å². The van der Waals surface area contributed by atoms with Crippen molar-refractivity contribution >= 4 is 18.3 Å². The maximum Gasteiger partial charge on any atom is 0.223 e. The number of hydrogen-bond donors (Lipinski definition) is 2. The van der Waals surface area contributed by atoms with Gasteiger partial charge < -0.3 is 11.1 Å². The smallest absolute Gasteiger partial charge is 0.223 e. The summed E-state index contributed by atoms with van der Waals surface area (Å²) in [4.78, 5) is 12.9. The number of amides is 1. The number of carbonyl (C=O) groups is 1. The van der Waals surface area contributed by atoms with Crippen molar-refractivity contribution in [2.24, 2.45) is 23.5 Å². The van der Waals surface area contributed by atoms with Gasteiger partial charge in [0.05, 0.1) is 0 Å². The predicted octanol–water partition coefficient (Wildman–Crippen LogP) is 4.04. The number of nitrogens with two attached hydrogens (primary N) is 1. The summed E-state index contributed by atoms with van der Waals surface area (Å²) >= 11 is 0. The molecule has 0 radical (unpaired) electrons. The fourth-order valence-corrected chi connectivity index (χ4v) is 4.63. The number of benzene rings is 1. The number of rotatable bonds is 4. The summed E-state index contributed by atoms with van der Waals surface area (Å²) < 4.78 is 0. The molecule has 0 saturated heterocycles. The minimum atomic E-state index is -0.0855. The van der Waals surface area contributed by atoms with Crippen molar-refractivity contribution < 1.29 is 4.79 Å². The first-order valence-electron chi connectivity index (χ1n) is 9.51. The SMILES string of the molecule is CC(NC(=O)C1CC2CCCC(C1)C2N)C(C)(C)c1ccccc1.Cl. The quantitative estimate of drug-likeness (QED) is 0.846. The van der Waals surface area contributed by atoms with Crippen LogP contribution in [0.4, 0.5) is 0 Å². The molecule has 2 aliphatic rings. The van der Waals surface area contributed by atoms with E-state index in [1.165, 1.54) is 24.8 Å². The summed E-state index contributed by atoms with van der Waals surface area (Å²) in [6.45, 7) is 6.54. The fraction of sp³-hybridized carbons (Fsp3) is 0.667. The molecule has 1 amide bonds. The number of carbonyl (C=O) groups excluding carboxylic acids is 1. The molecule has 2 bridgehead atoms. The number of hydrogen-bond acceptors (Lipinski definition) is 2. The van der Waals surface area contributed by atoms with E-state index in [0.29, 0.717) is 17.9 Å². The Kier molecular flexibility index (Phi) is 6.56. The van der Waals surface area contributed by atoms with Crippen LogP contribution in [0.15, 0.2) is 30.3 Å². The van der Waals surface area contributed by atoms with Crippen molar-refractivity contribution in [2.75, 3.05) is 0 Å². The summed E-state index contributed by atoms with van der Waals surface area (Å²) in [5, 5.41) is 3.31. The molecule has 1 aromatic carbocycles. The van der Waals surface area contributed by atoms with Gasteiger partial charge in [-0.3, -0.25) is 4.79 Å². The minimum Gasteiger partial charge on any atom is -0.353 e. The van der Waals surface area contributed by atoms with E-state index < -0.39 is 0 Å². The van der Waals surface area contributed by atoms with Crippen LogP contribution in [-0.4, -0.2) is 18.0 Å². The van der Waals surface area contributed by atoms with Crippen molar-refractivity contribution in [1.29, 1.82) is 0 Å². The molecule has 3 rings (SSSR count). The van der Waals surface area contributed by atoms with Crippen LogP contribution in [0.5, 0.6) is 0 Å². The number of fused-ring (bicyclic) bond motifs is 2. The van der Waals surface area contributed by atoms with Gasteiger partial charge in [0.2, 0.25) is 5.91 Å². The van der Waals surface area contributed by atoms with E-state index in [1.54, 1.807) is 0 Å². The predicted molar refractivity (Wildman–Crippen MR) is 106 cm³/mol. The standard InChI is InChI=1S/C21H32N2O.ClH/c1-14(21(2,3)18-10-5-4-6-11-18)23-20(24)17-12-15-8-7-9-16(13-17)19(15)22;/h4-6,10-11,14-17,19H,7-9,12-13,22H2,1-3H3,(H,23,24);1H. The minimum absolute atomic E-state index is 0. The first-order chi connectivity index (χ1) is 11.4. The molecule has 2 fully saturated rings. The van der Waals surface area contributed by atoms with Crippen molar-refractivity contribution in [3.05, 3.63) is 35.9 Å². The van der Waals surface area contributed by atoms with Crippen molar-refractivity contribution in [1.82, 2.24) is 5.32 Å². The Morgan fingerprint density at radius 2 is 1.72 bits per heavy atom. The highest BCUT2D eigenvalue weighted by atomic mass is 35.5. The van der Waals surface area contributed by atoms with E-state index in [4.69, 9.17) is 5.73 Å². The summed E-state index contributed by atoms with van der Waals surface area (Å²) in [5.74, 6) is 1.47. The second-order valence-corrected chi connectivity index (χ2v) is 8.51. The van der Waals surface area contributed by atoms with E-state index in [0.717, 1.165) is 12.8 Å².